The summed E-state index contributed by atoms with van der Waals surface area (Å²) in [6.45, 7) is 6.68. The summed E-state index contributed by atoms with van der Waals surface area (Å²) in [5, 5.41) is 0. The average molecular weight is 441 g/mol. The van der Waals surface area contributed by atoms with Gasteiger partial charge in [0.15, 0.2) is 0 Å². The third kappa shape index (κ3) is 12.9. The summed E-state index contributed by atoms with van der Waals surface area (Å²) in [5.41, 5.74) is 3.98. The number of allylic oxidation sites excluding steroid dienone is 8. The molecule has 0 saturated heterocycles. The summed E-state index contributed by atoms with van der Waals surface area (Å²) in [6, 6.07) is 10.4. The Bertz CT molecular complexity index is 566. The van der Waals surface area contributed by atoms with Gasteiger partial charge >= 0.3 is 41.9 Å². The van der Waals surface area contributed by atoms with Gasteiger partial charge in [0.25, 0.3) is 0 Å². The molecule has 0 saturated carbocycles. The van der Waals surface area contributed by atoms with Crippen LogP contribution in [0.2, 0.25) is 13.1 Å². The van der Waals surface area contributed by atoms with Crippen LogP contribution < -0.4 is 24.8 Å². The van der Waals surface area contributed by atoms with Crippen LogP contribution in [0.4, 0.5) is 0 Å². The fourth-order valence-electron chi connectivity index (χ4n) is 1.74. The van der Waals surface area contributed by atoms with Crippen molar-refractivity contribution >= 4 is 11.0 Å². The van der Waals surface area contributed by atoms with Crippen LogP contribution in [0, 0.1) is 12.2 Å². The smallest absolute Gasteiger partial charge is 0.0643 e. The minimum absolute atomic E-state index is 0. The van der Waals surface area contributed by atoms with Gasteiger partial charge in [-0.2, -0.15) is 23.8 Å². The van der Waals surface area contributed by atoms with Gasteiger partial charge in [0.05, 0.1) is 0 Å². The van der Waals surface area contributed by atoms with E-state index in [0.29, 0.717) is 0 Å². The predicted octanol–water partition coefficient (Wildman–Crippen LogP) is -0.679. The maximum atomic E-state index is 3.28. The molecule has 23 heavy (non-hydrogen) atoms. The molecule has 1 aromatic rings. The van der Waals surface area contributed by atoms with Crippen LogP contribution in [0.5, 0.6) is 0 Å². The molecule has 0 atom stereocenters. The average Bonchev–Trinajstić information content (AvgIpc) is 3.13. The predicted molar refractivity (Wildman–Crippen MR) is 90.5 cm³/mol. The summed E-state index contributed by atoms with van der Waals surface area (Å²) in [5.74, 6) is 0. The monoisotopic (exact) mass is 438 g/mol. The first kappa shape index (κ1) is 25.1. The number of halogens is 2. The summed E-state index contributed by atoms with van der Waals surface area (Å²) < 4.78 is 0. The third-order valence-corrected chi connectivity index (χ3v) is 2.65. The first-order valence-corrected chi connectivity index (χ1v) is 13.4. The van der Waals surface area contributed by atoms with Crippen LogP contribution in [0.3, 0.4) is 0 Å². The van der Waals surface area contributed by atoms with Crippen molar-refractivity contribution in [3.05, 3.63) is 77.9 Å². The van der Waals surface area contributed by atoms with Crippen LogP contribution in [-0.4, -0.2) is 5.43 Å². The fraction of sp³-hybridized carbons (Fsp3) is 0.263. The van der Waals surface area contributed by atoms with E-state index in [2.05, 4.69) is 80.7 Å². The normalized spacial score (nSPS) is 13.3. The van der Waals surface area contributed by atoms with Crippen molar-refractivity contribution < 1.29 is 48.1 Å². The van der Waals surface area contributed by atoms with Gasteiger partial charge in [-0.15, -0.1) is 30.2 Å². The van der Waals surface area contributed by atoms with Crippen LogP contribution >= 0.6 is 0 Å². The molecule has 0 unspecified atom stereocenters. The first-order valence-electron chi connectivity index (χ1n) is 7.18. The molecule has 0 heterocycles. The van der Waals surface area contributed by atoms with Gasteiger partial charge in [-0.3, -0.25) is 6.08 Å². The molecule has 2 aliphatic rings. The van der Waals surface area contributed by atoms with Crippen LogP contribution in [0.25, 0.3) is 5.57 Å². The van der Waals surface area contributed by atoms with Crippen molar-refractivity contribution in [2.24, 2.45) is 0 Å². The van der Waals surface area contributed by atoms with Crippen molar-refractivity contribution in [1.29, 1.82) is 0 Å². The van der Waals surface area contributed by atoms with Gasteiger partial charge in [-0.1, -0.05) is 31.5 Å². The van der Waals surface area contributed by atoms with Gasteiger partial charge in [0, 0.05) is 0 Å². The van der Waals surface area contributed by atoms with Crippen LogP contribution in [0.1, 0.15) is 25.3 Å². The van der Waals surface area contributed by atoms with Crippen molar-refractivity contribution in [3.8, 4) is 0 Å². The first-order chi connectivity index (χ1) is 10.1. The summed E-state index contributed by atoms with van der Waals surface area (Å²) in [6.07, 6.45) is 16.8. The Morgan fingerprint density at radius 3 is 1.78 bits per heavy atom. The Labute approximate surface area is 169 Å². The van der Waals surface area contributed by atoms with E-state index in [1.165, 1.54) is 16.7 Å². The maximum Gasteiger partial charge on any atom is -0.0643 e. The fourth-order valence-corrected chi connectivity index (χ4v) is 1.74. The number of benzene rings is 1. The molecule has 122 valence electrons. The molecule has 0 N–H and O–H groups in total. The second-order valence-corrected chi connectivity index (χ2v) is 14.4. The van der Waals surface area contributed by atoms with E-state index in [9.17, 15) is 0 Å². The van der Waals surface area contributed by atoms with Crippen molar-refractivity contribution in [2.75, 3.05) is 0 Å². The number of hydrogen-bond donors (Lipinski definition) is 0. The van der Waals surface area contributed by atoms with Gasteiger partial charge in [0.1, 0.15) is 0 Å². The largest absolute Gasteiger partial charge is 1.00 e. The Balaban J connectivity index is 0. The summed E-state index contributed by atoms with van der Waals surface area (Å²) in [7, 11) is 0. The molecule has 3 rings (SSSR count). The molecule has 0 nitrogen and oxygen atoms in total. The molecule has 4 heteroatoms. The van der Waals surface area contributed by atoms with Crippen molar-refractivity contribution in [1.82, 2.24) is 0 Å². The number of hydrogen-bond acceptors (Lipinski definition) is 0. The summed E-state index contributed by atoms with van der Waals surface area (Å²) in [4.78, 5) is 0. The minimum atomic E-state index is 0. The topological polar surface area (TPSA) is 0 Å². The Hall–Kier alpha value is -0.140. The quantitative estimate of drug-likeness (QED) is 0.401. The Morgan fingerprint density at radius 1 is 0.913 bits per heavy atom. The molecule has 0 fully saturated rings. The van der Waals surface area contributed by atoms with E-state index in [4.69, 9.17) is 0 Å². The van der Waals surface area contributed by atoms with Gasteiger partial charge in [-0.25, -0.2) is 11.6 Å². The number of rotatable bonds is 1. The van der Waals surface area contributed by atoms with E-state index >= 15 is 0 Å². The zero-order chi connectivity index (χ0) is 15.5. The molecule has 0 bridgehead atoms. The molecule has 0 radical (unpaired) electrons. The van der Waals surface area contributed by atoms with E-state index in [-0.39, 0.29) is 30.2 Å². The van der Waals surface area contributed by atoms with Crippen molar-refractivity contribution in [3.63, 3.8) is 0 Å². The summed E-state index contributed by atoms with van der Waals surface area (Å²) >= 11 is 1.74. The molecule has 2 aliphatic carbocycles. The van der Waals surface area contributed by atoms with Gasteiger partial charge < -0.3 is 24.8 Å². The van der Waals surface area contributed by atoms with E-state index in [1.54, 1.807) is 23.3 Å². The van der Waals surface area contributed by atoms with Gasteiger partial charge in [0.2, 0.25) is 0 Å². The van der Waals surface area contributed by atoms with Crippen molar-refractivity contribution in [2.45, 2.75) is 32.9 Å². The van der Waals surface area contributed by atoms with Gasteiger partial charge in [-0.05, 0) is 0 Å². The zero-order valence-electron chi connectivity index (χ0n) is 13.9. The van der Waals surface area contributed by atoms with E-state index in [1.807, 2.05) is 6.07 Å². The molecule has 0 amide bonds. The molecule has 0 aromatic heterocycles. The second kappa shape index (κ2) is 15.4. The second-order valence-electron chi connectivity index (χ2n) is 5.03. The Kier molecular flexibility index (Phi) is 16.8. The maximum absolute atomic E-state index is 3.28. The molecule has 0 spiro atoms. The van der Waals surface area contributed by atoms with E-state index < -0.39 is 0 Å². The minimum Gasteiger partial charge on any atom is -1.00 e. The molecule has 1 aromatic carbocycles. The molecular weight excluding hydrogens is 418 g/mol. The zero-order valence-corrected chi connectivity index (χ0v) is 18.8. The molecular formula is C19H22Cl2SiZr-2. The van der Waals surface area contributed by atoms with E-state index in [0.717, 1.165) is 12.8 Å². The third-order valence-electron chi connectivity index (χ3n) is 2.65. The standard InChI is InChI=1S/C11H9.C6H7.C2H6Si.2ClH.Zr/c1-2-6-10(7-3-1)11-8-4-5-9-11;1-6-4-2-3-5-6;1-3-2;;;/h1-4,6-8H,5H2;2,4H,3H2,1H3;1-2H3;2*1H;/q2*-1;;;;+2/p-2. The molecule has 0 aliphatic heterocycles. The SMILES string of the molecule is CC1=[C-]CC=C1.C[Si](C)=[Zr+2].[C-]1=C(c2ccccc2)C=CC1.[Cl-].[Cl-]. The van der Waals surface area contributed by atoms with Crippen LogP contribution in [0.15, 0.2) is 60.2 Å². The van der Waals surface area contributed by atoms with Crippen LogP contribution in [-0.2, 0) is 23.3 Å². The Morgan fingerprint density at radius 2 is 1.43 bits per heavy atom.